The van der Waals surface area contributed by atoms with Gasteiger partial charge in [-0.2, -0.15) is 0 Å². The topological polar surface area (TPSA) is 66.4 Å². The molecule has 0 unspecified atom stereocenters. The number of piperazine rings is 1. The van der Waals surface area contributed by atoms with Crippen LogP contribution in [0, 0.1) is 0 Å². The summed E-state index contributed by atoms with van der Waals surface area (Å²) >= 11 is 0. The predicted molar refractivity (Wildman–Crippen MR) is 96.9 cm³/mol. The van der Waals surface area contributed by atoms with Crippen LogP contribution in [0.1, 0.15) is 38.1 Å². The van der Waals surface area contributed by atoms with E-state index in [1.165, 1.54) is 0 Å². The largest absolute Gasteiger partial charge is 0.330 e. The van der Waals surface area contributed by atoms with Gasteiger partial charge in [0, 0.05) is 37.1 Å². The predicted octanol–water partition coefficient (Wildman–Crippen LogP) is 2.43. The molecule has 0 radical (unpaired) electrons. The second kappa shape index (κ2) is 6.86. The molecular weight excluding hydrogens is 328 g/mol. The Kier molecular flexibility index (Phi) is 4.41. The molecule has 2 fully saturated rings. The number of carbonyl (C=O) groups is 2. The van der Waals surface area contributed by atoms with Crippen molar-refractivity contribution in [1.82, 2.24) is 19.8 Å². The van der Waals surface area contributed by atoms with Crippen LogP contribution in [0.25, 0.3) is 11.1 Å². The molecule has 2 aromatic rings. The number of benzene rings is 1. The second-order valence-corrected chi connectivity index (χ2v) is 6.95. The fraction of sp³-hybridized carbons (Fsp3) is 0.400. The molecule has 6 heteroatoms. The number of rotatable bonds is 4. The number of hydrogen-bond donors (Lipinski definition) is 0. The quantitative estimate of drug-likeness (QED) is 0.795. The van der Waals surface area contributed by atoms with Crippen LogP contribution in [0.4, 0.5) is 0 Å². The Bertz CT molecular complexity index is 802. The van der Waals surface area contributed by atoms with Crippen molar-refractivity contribution in [2.75, 3.05) is 13.1 Å². The average Bonchev–Trinajstić information content (AvgIpc) is 2.64. The van der Waals surface area contributed by atoms with Crippen molar-refractivity contribution >= 4 is 11.8 Å². The van der Waals surface area contributed by atoms with Crippen LogP contribution in [0.2, 0.25) is 0 Å². The number of carbonyl (C=O) groups excluding carboxylic acids is 2. The number of amides is 2. The SMILES string of the molecule is C[C@@H](c1ncc(-c2ccccc2)cn1)N1CCN(C2CCC2)C(=O)C1=O. The zero-order valence-corrected chi connectivity index (χ0v) is 14.8. The highest BCUT2D eigenvalue weighted by Gasteiger charge is 2.40. The third-order valence-electron chi connectivity index (χ3n) is 5.42. The first-order valence-corrected chi connectivity index (χ1v) is 9.14. The van der Waals surface area contributed by atoms with Gasteiger partial charge in [0.25, 0.3) is 0 Å². The molecule has 26 heavy (non-hydrogen) atoms. The molecule has 1 aromatic heterocycles. The van der Waals surface area contributed by atoms with Crippen molar-refractivity contribution < 1.29 is 9.59 Å². The molecule has 1 saturated heterocycles. The highest BCUT2D eigenvalue weighted by Crippen LogP contribution is 2.28. The molecule has 1 aliphatic carbocycles. The molecule has 1 aromatic carbocycles. The minimum atomic E-state index is -0.439. The van der Waals surface area contributed by atoms with E-state index in [2.05, 4.69) is 9.97 Å². The zero-order chi connectivity index (χ0) is 18.1. The normalized spacial score (nSPS) is 19.4. The van der Waals surface area contributed by atoms with Gasteiger partial charge in [-0.25, -0.2) is 9.97 Å². The average molecular weight is 350 g/mol. The zero-order valence-electron chi connectivity index (χ0n) is 14.8. The Morgan fingerprint density at radius 3 is 2.27 bits per heavy atom. The van der Waals surface area contributed by atoms with E-state index in [1.54, 1.807) is 22.2 Å². The Morgan fingerprint density at radius 1 is 0.962 bits per heavy atom. The summed E-state index contributed by atoms with van der Waals surface area (Å²) in [6.07, 6.45) is 6.71. The summed E-state index contributed by atoms with van der Waals surface area (Å²) in [6, 6.07) is 9.85. The van der Waals surface area contributed by atoms with E-state index in [0.717, 1.165) is 30.4 Å². The molecule has 2 amide bonds. The maximum atomic E-state index is 12.6. The molecule has 2 heterocycles. The van der Waals surface area contributed by atoms with E-state index in [4.69, 9.17) is 0 Å². The van der Waals surface area contributed by atoms with Crippen LogP contribution in [0.3, 0.4) is 0 Å². The van der Waals surface area contributed by atoms with Crippen LogP contribution in [-0.4, -0.2) is 50.7 Å². The summed E-state index contributed by atoms with van der Waals surface area (Å²) in [4.78, 5) is 37.2. The second-order valence-electron chi connectivity index (χ2n) is 6.95. The monoisotopic (exact) mass is 350 g/mol. The van der Waals surface area contributed by atoms with Gasteiger partial charge in [-0.15, -0.1) is 0 Å². The van der Waals surface area contributed by atoms with Crippen LogP contribution in [-0.2, 0) is 9.59 Å². The van der Waals surface area contributed by atoms with Crippen LogP contribution < -0.4 is 0 Å². The number of hydrogen-bond acceptors (Lipinski definition) is 4. The first-order chi connectivity index (χ1) is 12.6. The molecule has 0 spiro atoms. The van der Waals surface area contributed by atoms with Crippen LogP contribution >= 0.6 is 0 Å². The third kappa shape index (κ3) is 2.96. The van der Waals surface area contributed by atoms with Crippen molar-refractivity contribution in [1.29, 1.82) is 0 Å². The van der Waals surface area contributed by atoms with Crippen LogP contribution in [0.15, 0.2) is 42.7 Å². The summed E-state index contributed by atoms with van der Waals surface area (Å²) in [5.41, 5.74) is 1.98. The molecule has 0 bridgehead atoms. The summed E-state index contributed by atoms with van der Waals surface area (Å²) < 4.78 is 0. The third-order valence-corrected chi connectivity index (χ3v) is 5.42. The lowest BCUT2D eigenvalue weighted by atomic mass is 9.91. The number of aromatic nitrogens is 2. The summed E-state index contributed by atoms with van der Waals surface area (Å²) in [6.45, 7) is 3.01. The molecular formula is C20H22N4O2. The molecule has 1 atom stereocenters. The minimum absolute atomic E-state index is 0.255. The molecule has 4 rings (SSSR count). The fourth-order valence-electron chi connectivity index (χ4n) is 3.55. The van der Waals surface area contributed by atoms with Gasteiger partial charge in [-0.1, -0.05) is 30.3 Å². The van der Waals surface area contributed by atoms with Gasteiger partial charge < -0.3 is 9.80 Å². The number of nitrogens with zero attached hydrogens (tertiary/aromatic N) is 4. The lowest BCUT2D eigenvalue weighted by molar-refractivity contribution is -0.160. The molecule has 1 saturated carbocycles. The molecule has 1 aliphatic heterocycles. The smallest absolute Gasteiger partial charge is 0.312 e. The molecule has 6 nitrogen and oxygen atoms in total. The van der Waals surface area contributed by atoms with Gasteiger partial charge in [0.05, 0.1) is 6.04 Å². The van der Waals surface area contributed by atoms with Crippen molar-refractivity contribution in [3.05, 3.63) is 48.5 Å². The van der Waals surface area contributed by atoms with Gasteiger partial charge in [-0.3, -0.25) is 9.59 Å². The van der Waals surface area contributed by atoms with E-state index in [1.807, 2.05) is 37.3 Å². The van der Waals surface area contributed by atoms with Gasteiger partial charge in [-0.05, 0) is 31.7 Å². The van der Waals surface area contributed by atoms with Gasteiger partial charge in [0.15, 0.2) is 0 Å². The maximum absolute atomic E-state index is 12.6. The Balaban J connectivity index is 1.48. The highest BCUT2D eigenvalue weighted by atomic mass is 16.2. The van der Waals surface area contributed by atoms with Crippen molar-refractivity contribution in [3.63, 3.8) is 0 Å². The van der Waals surface area contributed by atoms with E-state index in [0.29, 0.717) is 18.9 Å². The van der Waals surface area contributed by atoms with E-state index >= 15 is 0 Å². The fourth-order valence-corrected chi connectivity index (χ4v) is 3.55. The first kappa shape index (κ1) is 16.7. The minimum Gasteiger partial charge on any atom is -0.330 e. The van der Waals surface area contributed by atoms with Gasteiger partial charge in [0.1, 0.15) is 5.82 Å². The first-order valence-electron chi connectivity index (χ1n) is 9.14. The van der Waals surface area contributed by atoms with Gasteiger partial charge in [0.2, 0.25) is 0 Å². The van der Waals surface area contributed by atoms with E-state index < -0.39 is 5.91 Å². The lowest BCUT2D eigenvalue weighted by Gasteiger charge is -2.43. The van der Waals surface area contributed by atoms with Crippen LogP contribution in [0.5, 0.6) is 0 Å². The standard InChI is InChI=1S/C20H22N4O2/c1-14(18-21-12-16(13-22-18)15-6-3-2-4-7-15)23-10-11-24(17-8-5-9-17)20(26)19(23)25/h2-4,6-7,12-14,17H,5,8-11H2,1H3/t14-/m0/s1. The highest BCUT2D eigenvalue weighted by molar-refractivity contribution is 6.35. The Morgan fingerprint density at radius 2 is 1.65 bits per heavy atom. The lowest BCUT2D eigenvalue weighted by Crippen LogP contribution is -2.59. The van der Waals surface area contributed by atoms with E-state index in [9.17, 15) is 9.59 Å². The molecule has 2 aliphatic rings. The van der Waals surface area contributed by atoms with Crippen molar-refractivity contribution in [2.45, 2.75) is 38.3 Å². The van der Waals surface area contributed by atoms with E-state index in [-0.39, 0.29) is 18.0 Å². The Labute approximate surface area is 152 Å². The van der Waals surface area contributed by atoms with Gasteiger partial charge >= 0.3 is 11.8 Å². The van der Waals surface area contributed by atoms with Crippen molar-refractivity contribution in [2.24, 2.45) is 0 Å². The molecule has 0 N–H and O–H groups in total. The van der Waals surface area contributed by atoms with Crippen molar-refractivity contribution in [3.8, 4) is 11.1 Å². The molecule has 134 valence electrons. The summed E-state index contributed by atoms with van der Waals surface area (Å²) in [7, 11) is 0. The summed E-state index contributed by atoms with van der Waals surface area (Å²) in [5.74, 6) is -0.261. The summed E-state index contributed by atoms with van der Waals surface area (Å²) in [5, 5.41) is 0. The maximum Gasteiger partial charge on any atom is 0.312 e. The Hall–Kier alpha value is -2.76.